The fourth-order valence-electron chi connectivity index (χ4n) is 3.42. The molecule has 2 amide bonds. The Balaban J connectivity index is 2.30. The van der Waals surface area contributed by atoms with Crippen LogP contribution in [-0.2, 0) is 22.6 Å². The quantitative estimate of drug-likeness (QED) is 0.674. The van der Waals surface area contributed by atoms with Gasteiger partial charge in [-0.25, -0.2) is 0 Å². The van der Waals surface area contributed by atoms with E-state index in [1.165, 1.54) is 5.56 Å². The summed E-state index contributed by atoms with van der Waals surface area (Å²) in [5, 5.41) is 2.96. The maximum Gasteiger partial charge on any atom is 0.243 e. The summed E-state index contributed by atoms with van der Waals surface area (Å²) in [6.45, 7) is 10.3. The van der Waals surface area contributed by atoms with E-state index in [0.29, 0.717) is 13.0 Å². The summed E-state index contributed by atoms with van der Waals surface area (Å²) in [6.07, 6.45) is 0.816. The molecule has 0 fully saturated rings. The molecule has 0 aliphatic heterocycles. The number of nitrogens with zero attached hydrogens (tertiary/aromatic N) is 1. The molecule has 0 saturated heterocycles. The normalized spacial score (nSPS) is 11.8. The predicted octanol–water partition coefficient (Wildman–Crippen LogP) is 4.19. The molecule has 0 saturated carbocycles. The number of benzene rings is 2. The molecule has 0 bridgehead atoms. The lowest BCUT2D eigenvalue weighted by Gasteiger charge is -2.31. The number of hydrogen-bond donors (Lipinski definition) is 1. The summed E-state index contributed by atoms with van der Waals surface area (Å²) in [5.41, 5.74) is 4.28. The Morgan fingerprint density at radius 3 is 2.17 bits per heavy atom. The number of nitrogens with one attached hydrogen (secondary N) is 1. The van der Waals surface area contributed by atoms with Crippen LogP contribution in [0, 0.1) is 13.8 Å². The predicted molar refractivity (Wildman–Crippen MR) is 121 cm³/mol. The molecule has 30 heavy (non-hydrogen) atoms. The van der Waals surface area contributed by atoms with Crippen molar-refractivity contribution in [1.29, 1.82) is 0 Å². The molecule has 0 spiro atoms. The van der Waals surface area contributed by atoms with Crippen molar-refractivity contribution >= 4 is 11.8 Å². The third-order valence-electron chi connectivity index (χ3n) is 5.26. The molecule has 5 heteroatoms. The minimum absolute atomic E-state index is 0.0178. The largest absolute Gasteiger partial charge is 0.497 e. The van der Waals surface area contributed by atoms with Crippen LogP contribution >= 0.6 is 0 Å². The lowest BCUT2D eigenvalue weighted by Crippen LogP contribution is -2.50. The van der Waals surface area contributed by atoms with E-state index in [9.17, 15) is 9.59 Å². The second-order valence-corrected chi connectivity index (χ2v) is 8.05. The van der Waals surface area contributed by atoms with Crippen molar-refractivity contribution in [3.63, 3.8) is 0 Å². The average Bonchev–Trinajstić information content (AvgIpc) is 2.70. The van der Waals surface area contributed by atoms with Crippen molar-refractivity contribution in [3.8, 4) is 5.75 Å². The summed E-state index contributed by atoms with van der Waals surface area (Å²) in [4.78, 5) is 27.9. The van der Waals surface area contributed by atoms with E-state index in [1.54, 1.807) is 12.0 Å². The zero-order chi connectivity index (χ0) is 22.3. The van der Waals surface area contributed by atoms with Crippen LogP contribution in [0.5, 0.6) is 5.75 Å². The molecule has 1 atom stereocenters. The van der Waals surface area contributed by atoms with E-state index in [1.807, 2.05) is 70.2 Å². The van der Waals surface area contributed by atoms with Crippen molar-refractivity contribution in [2.45, 2.75) is 66.1 Å². The average molecular weight is 411 g/mol. The van der Waals surface area contributed by atoms with Gasteiger partial charge in [-0.05, 0) is 68.5 Å². The van der Waals surface area contributed by atoms with Gasteiger partial charge in [0.05, 0.1) is 13.5 Å². The molecule has 0 unspecified atom stereocenters. The van der Waals surface area contributed by atoms with Crippen molar-refractivity contribution in [1.82, 2.24) is 10.2 Å². The van der Waals surface area contributed by atoms with Gasteiger partial charge in [0.25, 0.3) is 0 Å². The molecule has 5 nitrogen and oxygen atoms in total. The van der Waals surface area contributed by atoms with Crippen molar-refractivity contribution < 1.29 is 14.3 Å². The lowest BCUT2D eigenvalue weighted by molar-refractivity contribution is -0.141. The zero-order valence-electron chi connectivity index (χ0n) is 19.0. The summed E-state index contributed by atoms with van der Waals surface area (Å²) >= 11 is 0. The molecule has 2 rings (SSSR count). The number of methoxy groups -OCH3 is 1. The van der Waals surface area contributed by atoms with E-state index in [-0.39, 0.29) is 24.3 Å². The number of hydrogen-bond acceptors (Lipinski definition) is 3. The van der Waals surface area contributed by atoms with Gasteiger partial charge in [-0.15, -0.1) is 0 Å². The highest BCUT2D eigenvalue weighted by Gasteiger charge is 2.29. The summed E-state index contributed by atoms with van der Waals surface area (Å²) in [7, 11) is 1.62. The molecular formula is C25H34N2O3. The molecule has 0 radical (unpaired) electrons. The molecule has 0 heterocycles. The number of amides is 2. The molecule has 162 valence electrons. The Morgan fingerprint density at radius 2 is 1.63 bits per heavy atom. The van der Waals surface area contributed by atoms with Crippen molar-refractivity contribution in [2.24, 2.45) is 0 Å². The molecule has 2 aromatic carbocycles. The minimum Gasteiger partial charge on any atom is -0.497 e. The van der Waals surface area contributed by atoms with E-state index < -0.39 is 6.04 Å². The highest BCUT2D eigenvalue weighted by molar-refractivity contribution is 5.88. The zero-order valence-corrected chi connectivity index (χ0v) is 19.0. The van der Waals surface area contributed by atoms with Gasteiger partial charge in [0.2, 0.25) is 11.8 Å². The topological polar surface area (TPSA) is 58.6 Å². The Kier molecular flexibility index (Phi) is 8.46. The number of ether oxygens (including phenoxy) is 1. The van der Waals surface area contributed by atoms with Crippen LogP contribution in [0.3, 0.4) is 0 Å². The smallest absolute Gasteiger partial charge is 0.243 e. The fourth-order valence-corrected chi connectivity index (χ4v) is 3.42. The molecule has 0 aromatic heterocycles. The molecule has 0 aliphatic rings. The first kappa shape index (κ1) is 23.5. The van der Waals surface area contributed by atoms with E-state index >= 15 is 0 Å². The second-order valence-electron chi connectivity index (χ2n) is 8.05. The van der Waals surface area contributed by atoms with Gasteiger partial charge in [0, 0.05) is 12.6 Å². The highest BCUT2D eigenvalue weighted by atomic mass is 16.5. The number of carbonyl (C=O) groups is 2. The van der Waals surface area contributed by atoms with Crippen LogP contribution in [-0.4, -0.2) is 35.9 Å². The van der Waals surface area contributed by atoms with Gasteiger partial charge in [-0.1, -0.05) is 37.3 Å². The van der Waals surface area contributed by atoms with E-state index in [4.69, 9.17) is 4.74 Å². The Labute approximate surface area is 180 Å². The van der Waals surface area contributed by atoms with Gasteiger partial charge in [-0.3, -0.25) is 9.59 Å². The highest BCUT2D eigenvalue weighted by Crippen LogP contribution is 2.18. The monoisotopic (exact) mass is 410 g/mol. The first-order valence-corrected chi connectivity index (χ1v) is 10.5. The second kappa shape index (κ2) is 10.8. The number of carbonyl (C=O) groups excluding carboxylic acids is 2. The lowest BCUT2D eigenvalue weighted by atomic mass is 10.0. The van der Waals surface area contributed by atoms with Crippen molar-refractivity contribution in [2.75, 3.05) is 7.11 Å². The van der Waals surface area contributed by atoms with Gasteiger partial charge < -0.3 is 15.0 Å². The van der Waals surface area contributed by atoms with E-state index in [0.717, 1.165) is 22.4 Å². The third kappa shape index (κ3) is 6.34. The van der Waals surface area contributed by atoms with Gasteiger partial charge >= 0.3 is 0 Å². The van der Waals surface area contributed by atoms with Gasteiger partial charge in [-0.2, -0.15) is 0 Å². The summed E-state index contributed by atoms with van der Waals surface area (Å²) < 4.78 is 5.23. The standard InChI is InChI=1S/C25H34N2O3/c1-7-23(25(29)26-17(2)3)27(16-20-10-12-22(30-6)13-11-20)24(28)15-21-9-8-18(4)19(5)14-21/h8-14,17,23H,7,15-16H2,1-6H3,(H,26,29)/t23-/m1/s1. The molecule has 0 aliphatic carbocycles. The van der Waals surface area contributed by atoms with Crippen LogP contribution in [0.25, 0.3) is 0 Å². The molecule has 1 N–H and O–H groups in total. The first-order chi connectivity index (χ1) is 14.2. The van der Waals surface area contributed by atoms with E-state index in [2.05, 4.69) is 12.2 Å². The Morgan fingerprint density at radius 1 is 1.00 bits per heavy atom. The number of aryl methyl sites for hydroxylation is 2. The van der Waals surface area contributed by atoms with Crippen LogP contribution in [0.4, 0.5) is 0 Å². The maximum atomic E-state index is 13.3. The minimum atomic E-state index is -0.520. The molecule has 2 aromatic rings. The van der Waals surface area contributed by atoms with Crippen molar-refractivity contribution in [3.05, 3.63) is 64.7 Å². The molecular weight excluding hydrogens is 376 g/mol. The third-order valence-corrected chi connectivity index (χ3v) is 5.26. The Hall–Kier alpha value is -2.82. The van der Waals surface area contributed by atoms with Crippen LogP contribution in [0.15, 0.2) is 42.5 Å². The van der Waals surface area contributed by atoms with Gasteiger partial charge in [0.1, 0.15) is 11.8 Å². The first-order valence-electron chi connectivity index (χ1n) is 10.5. The SMILES string of the molecule is CC[C@H](C(=O)NC(C)C)N(Cc1ccc(OC)cc1)C(=O)Cc1ccc(C)c(C)c1. The van der Waals surface area contributed by atoms with Gasteiger partial charge in [0.15, 0.2) is 0 Å². The summed E-state index contributed by atoms with van der Waals surface area (Å²) in [5.74, 6) is 0.589. The van der Waals surface area contributed by atoms with Crippen LogP contribution in [0.1, 0.15) is 49.4 Å². The summed E-state index contributed by atoms with van der Waals surface area (Å²) in [6, 6.07) is 13.2. The fraction of sp³-hybridized carbons (Fsp3) is 0.440. The Bertz CT molecular complexity index is 859. The van der Waals surface area contributed by atoms with Crippen LogP contribution < -0.4 is 10.1 Å². The maximum absolute atomic E-state index is 13.3. The number of rotatable bonds is 9. The van der Waals surface area contributed by atoms with Crippen LogP contribution in [0.2, 0.25) is 0 Å².